The number of sulfonamides is 1. The van der Waals surface area contributed by atoms with Crippen LogP contribution in [0.5, 0.6) is 0 Å². The van der Waals surface area contributed by atoms with E-state index in [0.29, 0.717) is 15.7 Å². The predicted molar refractivity (Wildman–Crippen MR) is 83.7 cm³/mol. The Kier molecular flexibility index (Phi) is 4.65. The van der Waals surface area contributed by atoms with Crippen LogP contribution in [0, 0.1) is 5.82 Å². The summed E-state index contributed by atoms with van der Waals surface area (Å²) in [7, 11) is -3.74. The van der Waals surface area contributed by atoms with E-state index in [9.17, 15) is 12.8 Å². The van der Waals surface area contributed by atoms with E-state index in [1.165, 1.54) is 36.4 Å². The Morgan fingerprint density at radius 1 is 1.24 bits per heavy atom. The lowest BCUT2D eigenvalue weighted by atomic mass is 10.1. The topological polar surface area (TPSA) is 72.2 Å². The number of anilines is 1. The van der Waals surface area contributed by atoms with E-state index in [-0.39, 0.29) is 4.90 Å². The van der Waals surface area contributed by atoms with Crippen molar-refractivity contribution in [1.29, 1.82) is 0 Å². The summed E-state index contributed by atoms with van der Waals surface area (Å²) in [5, 5.41) is 0. The normalized spacial score (nSPS) is 13.1. The molecule has 0 saturated carbocycles. The monoisotopic (exact) mass is 372 g/mol. The lowest BCUT2D eigenvalue weighted by molar-refractivity contribution is 0.564. The zero-order valence-electron chi connectivity index (χ0n) is 11.2. The minimum absolute atomic E-state index is 0.0833. The third kappa shape index (κ3) is 3.81. The van der Waals surface area contributed by atoms with Crippen LogP contribution >= 0.6 is 15.9 Å². The number of nitrogens with one attached hydrogen (secondary N) is 1. The number of halogens is 2. The van der Waals surface area contributed by atoms with Crippen LogP contribution in [0.15, 0.2) is 51.8 Å². The van der Waals surface area contributed by atoms with Gasteiger partial charge in [0.05, 0.1) is 4.90 Å². The van der Waals surface area contributed by atoms with Gasteiger partial charge in [-0.25, -0.2) is 17.5 Å². The van der Waals surface area contributed by atoms with Gasteiger partial charge in [0.15, 0.2) is 0 Å². The number of nitrogen functional groups attached to an aromatic ring is 1. The maximum absolute atomic E-state index is 13.2. The summed E-state index contributed by atoms with van der Waals surface area (Å²) in [6.07, 6.45) is 0. The standard InChI is InChI=1S/C14H14BrFN2O2S/c1-9(10-3-2-4-11(16)7-10)18-21(19,20)14-6-5-12(17)8-13(14)15/h2-9,18H,17H2,1H3. The second-order valence-electron chi connectivity index (χ2n) is 4.59. The van der Waals surface area contributed by atoms with E-state index in [2.05, 4.69) is 20.7 Å². The van der Waals surface area contributed by atoms with Crippen molar-refractivity contribution in [3.63, 3.8) is 0 Å². The SMILES string of the molecule is CC(NS(=O)(=O)c1ccc(N)cc1Br)c1cccc(F)c1. The summed E-state index contributed by atoms with van der Waals surface area (Å²) in [4.78, 5) is 0.0833. The number of hydrogen-bond donors (Lipinski definition) is 2. The lowest BCUT2D eigenvalue weighted by Gasteiger charge is -2.15. The van der Waals surface area contributed by atoms with Crippen molar-refractivity contribution in [2.75, 3.05) is 5.73 Å². The van der Waals surface area contributed by atoms with E-state index in [4.69, 9.17) is 5.73 Å². The van der Waals surface area contributed by atoms with Crippen LogP contribution in [-0.4, -0.2) is 8.42 Å². The molecule has 0 fully saturated rings. The van der Waals surface area contributed by atoms with Crippen LogP contribution < -0.4 is 10.5 Å². The van der Waals surface area contributed by atoms with Crippen LogP contribution in [0.25, 0.3) is 0 Å². The van der Waals surface area contributed by atoms with Crippen LogP contribution in [0.2, 0.25) is 0 Å². The molecule has 0 aliphatic carbocycles. The second kappa shape index (κ2) is 6.13. The number of benzene rings is 2. The first-order valence-corrected chi connectivity index (χ1v) is 8.40. The first-order chi connectivity index (χ1) is 9.79. The van der Waals surface area contributed by atoms with Gasteiger partial charge in [-0.15, -0.1) is 0 Å². The summed E-state index contributed by atoms with van der Waals surface area (Å²) >= 11 is 3.18. The van der Waals surface area contributed by atoms with Crippen LogP contribution in [0.1, 0.15) is 18.5 Å². The Morgan fingerprint density at radius 2 is 1.95 bits per heavy atom. The first kappa shape index (κ1) is 15.9. The van der Waals surface area contributed by atoms with Crippen LogP contribution in [0.3, 0.4) is 0 Å². The molecule has 112 valence electrons. The predicted octanol–water partition coefficient (Wildman–Crippen LogP) is 3.21. The molecule has 0 aliphatic heterocycles. The van der Waals surface area contributed by atoms with Crippen molar-refractivity contribution in [3.8, 4) is 0 Å². The molecule has 3 N–H and O–H groups in total. The minimum atomic E-state index is -3.74. The molecule has 0 spiro atoms. The molecule has 7 heteroatoms. The third-order valence-corrected chi connectivity index (χ3v) is 5.44. The molecule has 2 aromatic carbocycles. The van der Waals surface area contributed by atoms with E-state index >= 15 is 0 Å². The fourth-order valence-electron chi connectivity index (χ4n) is 1.88. The molecular weight excluding hydrogens is 359 g/mol. The van der Waals surface area contributed by atoms with Gasteiger partial charge >= 0.3 is 0 Å². The fraction of sp³-hybridized carbons (Fsp3) is 0.143. The Balaban J connectivity index is 2.29. The summed E-state index contributed by atoms with van der Waals surface area (Å²) < 4.78 is 40.8. The van der Waals surface area contributed by atoms with E-state index in [1.54, 1.807) is 13.0 Å². The number of nitrogens with two attached hydrogens (primary N) is 1. The van der Waals surface area contributed by atoms with E-state index in [1.807, 2.05) is 0 Å². The van der Waals surface area contributed by atoms with Gasteiger partial charge in [0.1, 0.15) is 5.82 Å². The molecule has 0 heterocycles. The maximum Gasteiger partial charge on any atom is 0.242 e. The third-order valence-electron chi connectivity index (χ3n) is 2.93. The molecule has 0 bridgehead atoms. The summed E-state index contributed by atoms with van der Waals surface area (Å²) in [5.41, 5.74) is 6.60. The Hall–Kier alpha value is -1.44. The zero-order valence-corrected chi connectivity index (χ0v) is 13.6. The molecular formula is C14H14BrFN2O2S. The summed E-state index contributed by atoms with van der Waals surface area (Å²) in [5.74, 6) is -0.410. The van der Waals surface area contributed by atoms with Crippen LogP contribution in [0.4, 0.5) is 10.1 Å². The zero-order chi connectivity index (χ0) is 15.6. The quantitative estimate of drug-likeness (QED) is 0.809. The molecule has 2 aromatic rings. The highest BCUT2D eigenvalue weighted by molar-refractivity contribution is 9.10. The summed E-state index contributed by atoms with van der Waals surface area (Å²) in [6, 6.07) is 9.68. The molecule has 1 atom stereocenters. The van der Waals surface area contributed by atoms with Gasteiger partial charge in [-0.05, 0) is 58.7 Å². The Morgan fingerprint density at radius 3 is 2.57 bits per heavy atom. The molecule has 0 radical (unpaired) electrons. The van der Waals surface area contributed by atoms with Gasteiger partial charge in [-0.1, -0.05) is 12.1 Å². The molecule has 4 nitrogen and oxygen atoms in total. The second-order valence-corrected chi connectivity index (χ2v) is 7.12. The summed E-state index contributed by atoms with van der Waals surface area (Å²) in [6.45, 7) is 1.65. The van der Waals surface area contributed by atoms with Gasteiger partial charge in [-0.2, -0.15) is 0 Å². The van der Waals surface area contributed by atoms with Crippen LogP contribution in [-0.2, 0) is 10.0 Å². The number of rotatable bonds is 4. The van der Waals surface area contributed by atoms with E-state index < -0.39 is 21.9 Å². The highest BCUT2D eigenvalue weighted by atomic mass is 79.9. The molecule has 0 amide bonds. The van der Waals surface area contributed by atoms with Crippen molar-refractivity contribution in [2.24, 2.45) is 0 Å². The largest absolute Gasteiger partial charge is 0.399 e. The van der Waals surface area contributed by atoms with Gasteiger partial charge in [0.2, 0.25) is 10.0 Å². The van der Waals surface area contributed by atoms with Crippen molar-refractivity contribution < 1.29 is 12.8 Å². The van der Waals surface area contributed by atoms with Crippen molar-refractivity contribution in [2.45, 2.75) is 17.9 Å². The smallest absolute Gasteiger partial charge is 0.242 e. The van der Waals surface area contributed by atoms with Gasteiger partial charge in [-0.3, -0.25) is 0 Å². The Bertz CT molecular complexity index is 765. The number of hydrogen-bond acceptors (Lipinski definition) is 3. The Labute approximate surface area is 131 Å². The highest BCUT2D eigenvalue weighted by Crippen LogP contribution is 2.26. The molecule has 0 aliphatic rings. The van der Waals surface area contributed by atoms with Crippen molar-refractivity contribution >= 4 is 31.6 Å². The molecule has 0 saturated heterocycles. The minimum Gasteiger partial charge on any atom is -0.399 e. The lowest BCUT2D eigenvalue weighted by Crippen LogP contribution is -2.27. The highest BCUT2D eigenvalue weighted by Gasteiger charge is 2.21. The molecule has 0 aromatic heterocycles. The average molecular weight is 373 g/mol. The molecule has 2 rings (SSSR count). The van der Waals surface area contributed by atoms with Gasteiger partial charge < -0.3 is 5.73 Å². The van der Waals surface area contributed by atoms with Gasteiger partial charge in [0.25, 0.3) is 0 Å². The fourth-order valence-corrected chi connectivity index (χ4v) is 4.20. The van der Waals surface area contributed by atoms with E-state index in [0.717, 1.165) is 0 Å². The first-order valence-electron chi connectivity index (χ1n) is 6.12. The average Bonchev–Trinajstić information content (AvgIpc) is 2.37. The molecule has 21 heavy (non-hydrogen) atoms. The van der Waals surface area contributed by atoms with Gasteiger partial charge in [0, 0.05) is 16.2 Å². The molecule has 1 unspecified atom stereocenters. The van der Waals surface area contributed by atoms with Crippen molar-refractivity contribution in [3.05, 3.63) is 58.3 Å². The maximum atomic E-state index is 13.2. The van der Waals surface area contributed by atoms with Crippen molar-refractivity contribution in [1.82, 2.24) is 4.72 Å².